The molecule has 1 heterocycles. The van der Waals surface area contributed by atoms with Gasteiger partial charge in [-0.05, 0) is 30.4 Å². The fraction of sp³-hybridized carbons (Fsp3) is 0.0667. The molecule has 0 unspecified atom stereocenters. The molecule has 1 aromatic heterocycles. The molecule has 8 heteroatoms. The Morgan fingerprint density at radius 1 is 1.35 bits per heavy atom. The van der Waals surface area contributed by atoms with Crippen molar-refractivity contribution in [3.05, 3.63) is 52.1 Å². The number of nitrogens with zero attached hydrogens (tertiary/aromatic N) is 2. The van der Waals surface area contributed by atoms with Gasteiger partial charge in [-0.2, -0.15) is 5.26 Å². The number of hydrogen-bond acceptors (Lipinski definition) is 4. The van der Waals surface area contributed by atoms with Gasteiger partial charge in [0.2, 0.25) is 0 Å². The van der Waals surface area contributed by atoms with Crippen LogP contribution in [0, 0.1) is 11.3 Å². The zero-order chi connectivity index (χ0) is 16.8. The van der Waals surface area contributed by atoms with Crippen LogP contribution in [0.4, 0.5) is 0 Å². The smallest absolute Gasteiger partial charge is 0.271 e. The molecular weight excluding hydrogens is 378 g/mol. The second-order valence-electron chi connectivity index (χ2n) is 4.40. The topological polar surface area (TPSA) is 89.8 Å². The third-order valence-corrected chi connectivity index (χ3v) is 3.68. The highest BCUT2D eigenvalue weighted by Gasteiger charge is 2.16. The minimum atomic E-state index is -0.442. The maximum Gasteiger partial charge on any atom is 0.271 e. The lowest BCUT2D eigenvalue weighted by Crippen LogP contribution is -2.45. The predicted octanol–water partition coefficient (Wildman–Crippen LogP) is 2.12. The number of aromatic nitrogens is 1. The molecular formula is C15H12BrN5OS. The molecule has 116 valence electrons. The van der Waals surface area contributed by atoms with Gasteiger partial charge in [0.25, 0.3) is 5.91 Å². The molecule has 0 fully saturated rings. The first-order chi connectivity index (χ1) is 11.0. The zero-order valence-electron chi connectivity index (χ0n) is 12.1. The average molecular weight is 390 g/mol. The minimum Gasteiger partial charge on any atom is -0.364 e. The van der Waals surface area contributed by atoms with Crippen molar-refractivity contribution in [1.29, 1.82) is 5.26 Å². The highest BCUT2D eigenvalue weighted by atomic mass is 79.9. The number of nitriles is 1. The molecule has 0 radical (unpaired) electrons. The van der Waals surface area contributed by atoms with Gasteiger partial charge in [-0.25, -0.2) is 0 Å². The van der Waals surface area contributed by atoms with E-state index in [1.54, 1.807) is 7.05 Å². The number of nitrogens with one attached hydrogen (secondary N) is 3. The van der Waals surface area contributed by atoms with Gasteiger partial charge >= 0.3 is 0 Å². The normalized spacial score (nSPS) is 9.61. The molecule has 0 aliphatic rings. The first kappa shape index (κ1) is 16.9. The van der Waals surface area contributed by atoms with E-state index in [2.05, 4.69) is 37.1 Å². The fourth-order valence-electron chi connectivity index (χ4n) is 1.81. The van der Waals surface area contributed by atoms with Crippen LogP contribution in [0.3, 0.4) is 0 Å². The van der Waals surface area contributed by atoms with Crippen LogP contribution in [0.2, 0.25) is 0 Å². The minimum absolute atomic E-state index is 0.270. The van der Waals surface area contributed by atoms with Crippen molar-refractivity contribution in [1.82, 2.24) is 21.2 Å². The van der Waals surface area contributed by atoms with Gasteiger partial charge in [0.1, 0.15) is 6.07 Å². The summed E-state index contributed by atoms with van der Waals surface area (Å²) in [6.45, 7) is 0. The summed E-state index contributed by atoms with van der Waals surface area (Å²) in [7, 11) is 1.63. The highest BCUT2D eigenvalue weighted by Crippen LogP contribution is 2.25. The average Bonchev–Trinajstić information content (AvgIpc) is 2.58. The van der Waals surface area contributed by atoms with E-state index in [9.17, 15) is 4.79 Å². The van der Waals surface area contributed by atoms with Gasteiger partial charge in [-0.1, -0.05) is 28.1 Å². The fourth-order valence-corrected chi connectivity index (χ4v) is 2.26. The number of carbonyl (C=O) groups excluding carboxylic acids is 1. The Balaban J connectivity index is 2.42. The molecule has 0 spiro atoms. The molecule has 23 heavy (non-hydrogen) atoms. The number of hydrogen-bond donors (Lipinski definition) is 3. The van der Waals surface area contributed by atoms with Crippen LogP contribution in [0.15, 0.2) is 41.0 Å². The van der Waals surface area contributed by atoms with E-state index in [-0.39, 0.29) is 10.7 Å². The van der Waals surface area contributed by atoms with Crippen molar-refractivity contribution in [3.63, 3.8) is 0 Å². The molecule has 0 atom stereocenters. The Hall–Kier alpha value is -2.50. The highest BCUT2D eigenvalue weighted by molar-refractivity contribution is 9.10. The molecule has 2 rings (SSSR count). The molecule has 6 nitrogen and oxygen atoms in total. The number of amides is 1. The number of thiocarbonyl (C=S) groups is 1. The first-order valence-electron chi connectivity index (χ1n) is 6.49. The van der Waals surface area contributed by atoms with Crippen LogP contribution in [-0.2, 0) is 0 Å². The van der Waals surface area contributed by atoms with Crippen molar-refractivity contribution in [2.45, 2.75) is 0 Å². The van der Waals surface area contributed by atoms with Crippen LogP contribution < -0.4 is 16.2 Å². The Kier molecular flexibility index (Phi) is 5.62. The van der Waals surface area contributed by atoms with E-state index in [0.717, 1.165) is 10.0 Å². The molecule has 1 aromatic carbocycles. The van der Waals surface area contributed by atoms with Gasteiger partial charge in [0.15, 0.2) is 5.11 Å². The summed E-state index contributed by atoms with van der Waals surface area (Å²) >= 11 is 8.29. The Labute approximate surface area is 147 Å². The summed E-state index contributed by atoms with van der Waals surface area (Å²) in [4.78, 5) is 16.6. The SMILES string of the molecule is CNC(=S)NNC(=O)c1cc(C#N)cnc1-c1cccc(Br)c1. The standard InChI is InChI=1S/C15H12BrN5OS/c1-18-15(23)21-20-14(22)12-5-9(7-17)8-19-13(12)10-3-2-4-11(16)6-10/h2-6,8H,1H3,(H,20,22)(H2,18,21,23). The number of halogens is 1. The Bertz CT molecular complexity index is 803. The van der Waals surface area contributed by atoms with Crippen LogP contribution in [0.5, 0.6) is 0 Å². The van der Waals surface area contributed by atoms with E-state index in [4.69, 9.17) is 17.5 Å². The van der Waals surface area contributed by atoms with Crippen LogP contribution in [0.25, 0.3) is 11.3 Å². The number of carbonyl (C=O) groups is 1. The molecule has 2 aromatic rings. The van der Waals surface area contributed by atoms with Gasteiger partial charge in [0, 0.05) is 23.3 Å². The third-order valence-electron chi connectivity index (χ3n) is 2.88. The molecule has 3 N–H and O–H groups in total. The van der Waals surface area contributed by atoms with E-state index < -0.39 is 5.91 Å². The zero-order valence-corrected chi connectivity index (χ0v) is 14.5. The van der Waals surface area contributed by atoms with Crippen molar-refractivity contribution in [2.24, 2.45) is 0 Å². The summed E-state index contributed by atoms with van der Waals surface area (Å²) in [5.74, 6) is -0.442. The van der Waals surface area contributed by atoms with Crippen LogP contribution in [-0.4, -0.2) is 23.1 Å². The maximum atomic E-state index is 12.4. The number of benzene rings is 1. The number of hydrazine groups is 1. The third kappa shape index (κ3) is 4.25. The maximum absolute atomic E-state index is 12.4. The van der Waals surface area contributed by atoms with Crippen molar-refractivity contribution < 1.29 is 4.79 Å². The molecule has 1 amide bonds. The second kappa shape index (κ2) is 7.67. The first-order valence-corrected chi connectivity index (χ1v) is 7.69. The molecule has 0 aliphatic heterocycles. The summed E-state index contributed by atoms with van der Waals surface area (Å²) in [5, 5.41) is 12.0. The monoisotopic (exact) mass is 389 g/mol. The van der Waals surface area contributed by atoms with Gasteiger partial charge in [0.05, 0.1) is 16.8 Å². The number of pyridine rings is 1. The lowest BCUT2D eigenvalue weighted by molar-refractivity contribution is 0.0944. The lowest BCUT2D eigenvalue weighted by atomic mass is 10.0. The molecule has 0 saturated heterocycles. The summed E-state index contributed by atoms with van der Waals surface area (Å²) in [5.41, 5.74) is 6.83. The van der Waals surface area contributed by atoms with E-state index in [1.807, 2.05) is 30.3 Å². The largest absolute Gasteiger partial charge is 0.364 e. The van der Waals surface area contributed by atoms with Crippen LogP contribution in [0.1, 0.15) is 15.9 Å². The lowest BCUT2D eigenvalue weighted by Gasteiger charge is -2.12. The summed E-state index contributed by atoms with van der Waals surface area (Å²) in [6.07, 6.45) is 1.43. The van der Waals surface area contributed by atoms with E-state index in [1.165, 1.54) is 12.3 Å². The van der Waals surface area contributed by atoms with Crippen molar-refractivity contribution in [2.75, 3.05) is 7.05 Å². The molecule has 0 aliphatic carbocycles. The van der Waals surface area contributed by atoms with Gasteiger partial charge < -0.3 is 5.32 Å². The Morgan fingerprint density at radius 3 is 2.78 bits per heavy atom. The second-order valence-corrected chi connectivity index (χ2v) is 5.72. The predicted molar refractivity (Wildman–Crippen MR) is 94.3 cm³/mol. The van der Waals surface area contributed by atoms with Crippen molar-refractivity contribution >= 4 is 39.2 Å². The van der Waals surface area contributed by atoms with Crippen LogP contribution >= 0.6 is 28.1 Å². The van der Waals surface area contributed by atoms with E-state index in [0.29, 0.717) is 11.3 Å². The van der Waals surface area contributed by atoms with Gasteiger partial charge in [-0.15, -0.1) is 0 Å². The van der Waals surface area contributed by atoms with E-state index >= 15 is 0 Å². The molecule has 0 saturated carbocycles. The summed E-state index contributed by atoms with van der Waals surface area (Å²) in [6, 6.07) is 10.9. The van der Waals surface area contributed by atoms with Gasteiger partial charge in [-0.3, -0.25) is 20.6 Å². The Morgan fingerprint density at radius 2 is 2.13 bits per heavy atom. The molecule has 0 bridgehead atoms. The summed E-state index contributed by atoms with van der Waals surface area (Å²) < 4.78 is 0.863. The number of rotatable bonds is 2. The quantitative estimate of drug-likeness (QED) is 0.538. The van der Waals surface area contributed by atoms with Crippen molar-refractivity contribution in [3.8, 4) is 17.3 Å².